The third kappa shape index (κ3) is 3.52. The van der Waals surface area contributed by atoms with Gasteiger partial charge in [-0.2, -0.15) is 0 Å². The average molecular weight is 358 g/mol. The number of halogens is 1. The van der Waals surface area contributed by atoms with Gasteiger partial charge in [0.25, 0.3) is 0 Å². The average Bonchev–Trinajstić information content (AvgIpc) is 2.89. The van der Waals surface area contributed by atoms with E-state index in [1.807, 2.05) is 26.0 Å². The maximum atomic E-state index is 6.47. The fourth-order valence-corrected chi connectivity index (χ4v) is 3.27. The number of ether oxygens (including phenoxy) is 3. The molecule has 1 aliphatic rings. The minimum Gasteiger partial charge on any atom is -0.490 e. The van der Waals surface area contributed by atoms with Gasteiger partial charge in [-0.05, 0) is 51.3 Å². The van der Waals surface area contributed by atoms with Crippen molar-refractivity contribution in [2.45, 2.75) is 45.3 Å². The monoisotopic (exact) mass is 357 g/mol. The predicted molar refractivity (Wildman–Crippen MR) is 87.0 cm³/mol. The van der Waals surface area contributed by atoms with Crippen molar-refractivity contribution in [2.24, 2.45) is 5.73 Å². The van der Waals surface area contributed by atoms with Gasteiger partial charge in [0, 0.05) is 11.1 Å². The molecule has 1 heterocycles. The summed E-state index contributed by atoms with van der Waals surface area (Å²) < 4.78 is 18.1. The van der Waals surface area contributed by atoms with Gasteiger partial charge in [-0.25, -0.2) is 0 Å². The molecule has 1 fully saturated rings. The smallest absolute Gasteiger partial charge is 0.162 e. The van der Waals surface area contributed by atoms with Crippen molar-refractivity contribution in [1.29, 1.82) is 0 Å². The molecule has 2 atom stereocenters. The molecule has 0 radical (unpaired) electrons. The Bertz CT molecular complexity index is 487. The number of benzene rings is 1. The number of nitrogens with two attached hydrogens (primary N) is 1. The van der Waals surface area contributed by atoms with Crippen LogP contribution in [0.2, 0.25) is 0 Å². The highest BCUT2D eigenvalue weighted by molar-refractivity contribution is 9.10. The quantitative estimate of drug-likeness (QED) is 0.840. The lowest BCUT2D eigenvalue weighted by Gasteiger charge is -2.31. The summed E-state index contributed by atoms with van der Waals surface area (Å²) in [6, 6.07) is 3.70. The van der Waals surface area contributed by atoms with Gasteiger partial charge in [0.2, 0.25) is 0 Å². The van der Waals surface area contributed by atoms with E-state index in [-0.39, 0.29) is 11.6 Å². The van der Waals surface area contributed by atoms with Gasteiger partial charge in [0.1, 0.15) is 0 Å². The molecule has 1 aromatic rings. The maximum Gasteiger partial charge on any atom is 0.162 e. The second-order valence-corrected chi connectivity index (χ2v) is 6.28. The number of hydrogen-bond donors (Lipinski definition) is 1. The SMILES string of the molecule is CCOc1cc(Br)c(C(N)C2(C)CCCO2)cc1OCC. The summed E-state index contributed by atoms with van der Waals surface area (Å²) in [5, 5.41) is 0. The highest BCUT2D eigenvalue weighted by atomic mass is 79.9. The largest absolute Gasteiger partial charge is 0.490 e. The normalized spacial score (nSPS) is 23.1. The first-order chi connectivity index (χ1) is 10.0. The first-order valence-electron chi connectivity index (χ1n) is 7.50. The first-order valence-corrected chi connectivity index (χ1v) is 8.29. The Morgan fingerprint density at radius 1 is 1.29 bits per heavy atom. The molecule has 0 saturated carbocycles. The van der Waals surface area contributed by atoms with Crippen LogP contribution in [-0.2, 0) is 4.74 Å². The number of hydrogen-bond acceptors (Lipinski definition) is 4. The van der Waals surface area contributed by atoms with E-state index in [1.54, 1.807) is 0 Å². The zero-order valence-electron chi connectivity index (χ0n) is 12.9. The van der Waals surface area contributed by atoms with Crippen molar-refractivity contribution in [3.63, 3.8) is 0 Å². The zero-order valence-corrected chi connectivity index (χ0v) is 14.5. The molecule has 0 aromatic heterocycles. The Labute approximate surface area is 135 Å². The van der Waals surface area contributed by atoms with Gasteiger partial charge in [0.05, 0.1) is 24.9 Å². The van der Waals surface area contributed by atoms with Crippen LogP contribution < -0.4 is 15.2 Å². The van der Waals surface area contributed by atoms with E-state index < -0.39 is 0 Å². The van der Waals surface area contributed by atoms with Crippen LogP contribution in [0.5, 0.6) is 11.5 Å². The third-order valence-electron chi connectivity index (χ3n) is 3.90. The van der Waals surface area contributed by atoms with Crippen molar-refractivity contribution in [1.82, 2.24) is 0 Å². The van der Waals surface area contributed by atoms with Crippen molar-refractivity contribution in [3.05, 3.63) is 22.2 Å². The summed E-state index contributed by atoms with van der Waals surface area (Å²) in [6.07, 6.45) is 2.02. The molecule has 0 bridgehead atoms. The lowest BCUT2D eigenvalue weighted by molar-refractivity contribution is -0.00196. The molecule has 5 heteroatoms. The topological polar surface area (TPSA) is 53.7 Å². The van der Waals surface area contributed by atoms with E-state index in [1.165, 1.54) is 0 Å². The predicted octanol–water partition coefficient (Wildman–Crippen LogP) is 3.82. The lowest BCUT2D eigenvalue weighted by Crippen LogP contribution is -2.37. The highest BCUT2D eigenvalue weighted by Crippen LogP contribution is 2.42. The lowest BCUT2D eigenvalue weighted by atomic mass is 9.88. The van der Waals surface area contributed by atoms with Crippen molar-refractivity contribution < 1.29 is 14.2 Å². The summed E-state index contributed by atoms with van der Waals surface area (Å²) in [5.74, 6) is 1.47. The second-order valence-electron chi connectivity index (χ2n) is 5.43. The van der Waals surface area contributed by atoms with Crippen molar-refractivity contribution in [2.75, 3.05) is 19.8 Å². The minimum atomic E-state index is -0.320. The Morgan fingerprint density at radius 2 is 1.90 bits per heavy atom. The van der Waals surface area contributed by atoms with Gasteiger partial charge in [-0.3, -0.25) is 0 Å². The molecule has 0 spiro atoms. The van der Waals surface area contributed by atoms with Crippen LogP contribution in [0.15, 0.2) is 16.6 Å². The molecule has 0 aliphatic carbocycles. The molecule has 2 N–H and O–H groups in total. The summed E-state index contributed by atoms with van der Waals surface area (Å²) in [7, 11) is 0. The van der Waals surface area contributed by atoms with Crippen LogP contribution in [0.25, 0.3) is 0 Å². The van der Waals surface area contributed by atoms with Crippen molar-refractivity contribution in [3.8, 4) is 11.5 Å². The molecule has 2 unspecified atom stereocenters. The van der Waals surface area contributed by atoms with Gasteiger partial charge < -0.3 is 19.9 Å². The molecule has 1 aromatic carbocycles. The Kier molecular flexibility index (Phi) is 5.52. The molecule has 4 nitrogen and oxygen atoms in total. The van der Waals surface area contributed by atoms with Gasteiger partial charge >= 0.3 is 0 Å². The van der Waals surface area contributed by atoms with Gasteiger partial charge in [0.15, 0.2) is 11.5 Å². The van der Waals surface area contributed by atoms with Crippen LogP contribution in [0.3, 0.4) is 0 Å². The standard InChI is InChI=1S/C16H24BrNO3/c1-4-19-13-9-11(12(17)10-14(13)20-5-2)15(18)16(3)7-6-8-21-16/h9-10,15H,4-8,18H2,1-3H3. The minimum absolute atomic E-state index is 0.204. The molecule has 1 saturated heterocycles. The maximum absolute atomic E-state index is 6.47. The fraction of sp³-hybridized carbons (Fsp3) is 0.625. The highest BCUT2D eigenvalue weighted by Gasteiger charge is 2.38. The van der Waals surface area contributed by atoms with Crippen molar-refractivity contribution >= 4 is 15.9 Å². The summed E-state index contributed by atoms with van der Waals surface area (Å²) in [4.78, 5) is 0. The van der Waals surface area contributed by atoms with E-state index in [9.17, 15) is 0 Å². The summed E-state index contributed by atoms with van der Waals surface area (Å²) >= 11 is 3.60. The first kappa shape index (κ1) is 16.6. The molecule has 0 amide bonds. The summed E-state index contributed by atoms with van der Waals surface area (Å²) in [5.41, 5.74) is 7.14. The van der Waals surface area contributed by atoms with E-state index in [2.05, 4.69) is 22.9 Å². The van der Waals surface area contributed by atoms with Gasteiger partial charge in [-0.1, -0.05) is 15.9 Å². The van der Waals surface area contributed by atoms with Gasteiger partial charge in [-0.15, -0.1) is 0 Å². The van der Waals surface area contributed by atoms with E-state index >= 15 is 0 Å². The van der Waals surface area contributed by atoms with Crippen LogP contribution in [0, 0.1) is 0 Å². The van der Waals surface area contributed by atoms with E-state index in [4.69, 9.17) is 19.9 Å². The molecular weight excluding hydrogens is 334 g/mol. The summed E-state index contributed by atoms with van der Waals surface area (Å²) in [6.45, 7) is 7.95. The molecule has 2 rings (SSSR count). The van der Waals surface area contributed by atoms with Crippen LogP contribution in [-0.4, -0.2) is 25.4 Å². The second kappa shape index (κ2) is 6.99. The van der Waals surface area contributed by atoms with E-state index in [0.717, 1.165) is 41.0 Å². The Morgan fingerprint density at radius 3 is 2.43 bits per heavy atom. The molecular formula is C16H24BrNO3. The number of rotatable bonds is 6. The molecule has 118 valence electrons. The van der Waals surface area contributed by atoms with E-state index in [0.29, 0.717) is 13.2 Å². The molecule has 21 heavy (non-hydrogen) atoms. The van der Waals surface area contributed by atoms with Crippen LogP contribution >= 0.6 is 15.9 Å². The fourth-order valence-electron chi connectivity index (χ4n) is 2.70. The van der Waals surface area contributed by atoms with Crippen LogP contribution in [0.4, 0.5) is 0 Å². The Hall–Kier alpha value is -0.780. The Balaban J connectivity index is 2.36. The zero-order chi connectivity index (χ0) is 15.5. The third-order valence-corrected chi connectivity index (χ3v) is 4.59. The molecule has 1 aliphatic heterocycles. The van der Waals surface area contributed by atoms with Crippen LogP contribution in [0.1, 0.15) is 45.2 Å².